The Balaban J connectivity index is 2.42. The molecule has 0 aromatic heterocycles. The van der Waals surface area contributed by atoms with Gasteiger partial charge in [0.15, 0.2) is 6.29 Å². The SMILES string of the molecule is CNCC1CC(O)C(O)C(O)O1. The maximum atomic E-state index is 9.23. The van der Waals surface area contributed by atoms with Crippen molar-refractivity contribution in [3.8, 4) is 0 Å². The van der Waals surface area contributed by atoms with Crippen LogP contribution in [0.3, 0.4) is 0 Å². The van der Waals surface area contributed by atoms with Crippen LogP contribution >= 0.6 is 0 Å². The predicted molar refractivity (Wildman–Crippen MR) is 41.4 cm³/mol. The molecule has 4 N–H and O–H groups in total. The zero-order chi connectivity index (χ0) is 9.14. The Bertz CT molecular complexity index is 131. The van der Waals surface area contributed by atoms with E-state index >= 15 is 0 Å². The molecule has 0 aromatic carbocycles. The first-order chi connectivity index (χ1) is 5.65. The van der Waals surface area contributed by atoms with Crippen LogP contribution in [0, 0.1) is 0 Å². The van der Waals surface area contributed by atoms with Gasteiger partial charge in [0.25, 0.3) is 0 Å². The minimum Gasteiger partial charge on any atom is -0.390 e. The van der Waals surface area contributed by atoms with E-state index in [-0.39, 0.29) is 6.10 Å². The number of hydrogen-bond acceptors (Lipinski definition) is 5. The van der Waals surface area contributed by atoms with E-state index in [0.29, 0.717) is 13.0 Å². The summed E-state index contributed by atoms with van der Waals surface area (Å²) >= 11 is 0. The van der Waals surface area contributed by atoms with Crippen molar-refractivity contribution in [1.82, 2.24) is 5.32 Å². The molecule has 1 rings (SSSR count). The summed E-state index contributed by atoms with van der Waals surface area (Å²) in [5, 5.41) is 30.3. The molecule has 0 bridgehead atoms. The van der Waals surface area contributed by atoms with Crippen LogP contribution in [-0.2, 0) is 4.74 Å². The molecule has 1 aliphatic heterocycles. The van der Waals surface area contributed by atoms with Crippen molar-refractivity contribution in [2.75, 3.05) is 13.6 Å². The van der Waals surface area contributed by atoms with Gasteiger partial charge in [0, 0.05) is 13.0 Å². The normalized spacial score (nSPS) is 43.0. The second-order valence-electron chi connectivity index (χ2n) is 3.00. The maximum absolute atomic E-state index is 9.23. The molecule has 1 saturated heterocycles. The molecule has 1 aliphatic rings. The summed E-state index contributed by atoms with van der Waals surface area (Å²) < 4.78 is 4.99. The van der Waals surface area contributed by atoms with Crippen molar-refractivity contribution >= 4 is 0 Å². The van der Waals surface area contributed by atoms with Crippen LogP contribution in [0.1, 0.15) is 6.42 Å². The molecule has 0 saturated carbocycles. The van der Waals surface area contributed by atoms with Gasteiger partial charge in [-0.3, -0.25) is 0 Å². The van der Waals surface area contributed by atoms with E-state index in [1.165, 1.54) is 0 Å². The monoisotopic (exact) mass is 177 g/mol. The summed E-state index contributed by atoms with van der Waals surface area (Å²) in [4.78, 5) is 0. The zero-order valence-corrected chi connectivity index (χ0v) is 6.97. The summed E-state index contributed by atoms with van der Waals surface area (Å²) in [6, 6.07) is 0. The number of likely N-dealkylation sites (N-methyl/N-ethyl adjacent to an activating group) is 1. The fourth-order valence-electron chi connectivity index (χ4n) is 1.29. The highest BCUT2D eigenvalue weighted by Crippen LogP contribution is 2.18. The minimum absolute atomic E-state index is 0.233. The van der Waals surface area contributed by atoms with Crippen LogP contribution in [0.5, 0.6) is 0 Å². The van der Waals surface area contributed by atoms with E-state index in [9.17, 15) is 5.11 Å². The van der Waals surface area contributed by atoms with Crippen LogP contribution in [0.4, 0.5) is 0 Å². The van der Waals surface area contributed by atoms with Crippen LogP contribution in [0.2, 0.25) is 0 Å². The van der Waals surface area contributed by atoms with Crippen molar-refractivity contribution in [3.05, 3.63) is 0 Å². The molecule has 12 heavy (non-hydrogen) atoms. The zero-order valence-electron chi connectivity index (χ0n) is 6.97. The van der Waals surface area contributed by atoms with Crippen molar-refractivity contribution < 1.29 is 20.1 Å². The van der Waals surface area contributed by atoms with E-state index in [1.54, 1.807) is 7.05 Å². The molecule has 4 atom stereocenters. The van der Waals surface area contributed by atoms with Crippen molar-refractivity contribution in [2.45, 2.75) is 31.0 Å². The Morgan fingerprint density at radius 3 is 2.58 bits per heavy atom. The number of aliphatic hydroxyl groups is 3. The van der Waals surface area contributed by atoms with Crippen molar-refractivity contribution in [3.63, 3.8) is 0 Å². The largest absolute Gasteiger partial charge is 0.390 e. The highest BCUT2D eigenvalue weighted by Gasteiger charge is 2.34. The number of hydrogen-bond donors (Lipinski definition) is 4. The Hall–Kier alpha value is -0.200. The van der Waals surface area contributed by atoms with E-state index in [2.05, 4.69) is 5.32 Å². The minimum atomic E-state index is -1.27. The van der Waals surface area contributed by atoms with Gasteiger partial charge in [-0.2, -0.15) is 0 Å². The molecule has 0 amide bonds. The average molecular weight is 177 g/mol. The van der Waals surface area contributed by atoms with Gasteiger partial charge < -0.3 is 25.4 Å². The van der Waals surface area contributed by atoms with E-state index in [1.807, 2.05) is 0 Å². The van der Waals surface area contributed by atoms with Crippen LogP contribution < -0.4 is 5.32 Å². The Morgan fingerprint density at radius 2 is 2.08 bits per heavy atom. The Labute approximate surface area is 71.0 Å². The topological polar surface area (TPSA) is 82.0 Å². The third kappa shape index (κ3) is 2.15. The van der Waals surface area contributed by atoms with Gasteiger partial charge in [0.1, 0.15) is 6.10 Å². The van der Waals surface area contributed by atoms with Crippen LogP contribution in [0.15, 0.2) is 0 Å². The standard InChI is InChI=1S/C7H15NO4/c1-8-3-4-2-5(9)6(10)7(11)12-4/h4-11H,2-3H2,1H3. The average Bonchev–Trinajstić information content (AvgIpc) is 2.01. The fourth-order valence-corrected chi connectivity index (χ4v) is 1.29. The number of rotatable bonds is 2. The van der Waals surface area contributed by atoms with Crippen LogP contribution in [0.25, 0.3) is 0 Å². The quantitative estimate of drug-likeness (QED) is 0.393. The molecule has 0 spiro atoms. The summed E-state index contributed by atoms with van der Waals surface area (Å²) in [6.07, 6.45) is -3.24. The highest BCUT2D eigenvalue weighted by atomic mass is 16.6. The summed E-state index contributed by atoms with van der Waals surface area (Å²) in [7, 11) is 1.76. The summed E-state index contributed by atoms with van der Waals surface area (Å²) in [5.74, 6) is 0. The molecule has 0 radical (unpaired) electrons. The Morgan fingerprint density at radius 1 is 1.42 bits per heavy atom. The maximum Gasteiger partial charge on any atom is 0.183 e. The third-order valence-electron chi connectivity index (χ3n) is 1.95. The second-order valence-corrected chi connectivity index (χ2v) is 3.00. The van der Waals surface area contributed by atoms with Gasteiger partial charge in [-0.25, -0.2) is 0 Å². The lowest BCUT2D eigenvalue weighted by Gasteiger charge is -2.34. The molecule has 0 aliphatic carbocycles. The highest BCUT2D eigenvalue weighted by molar-refractivity contribution is 4.80. The van der Waals surface area contributed by atoms with Gasteiger partial charge in [-0.1, -0.05) is 0 Å². The van der Waals surface area contributed by atoms with Gasteiger partial charge >= 0.3 is 0 Å². The second kappa shape index (κ2) is 4.15. The van der Waals surface area contributed by atoms with Crippen molar-refractivity contribution in [2.24, 2.45) is 0 Å². The number of nitrogens with one attached hydrogen (secondary N) is 1. The number of aliphatic hydroxyl groups excluding tert-OH is 3. The first-order valence-corrected chi connectivity index (χ1v) is 3.99. The third-order valence-corrected chi connectivity index (χ3v) is 1.95. The molecule has 5 nitrogen and oxygen atoms in total. The lowest BCUT2D eigenvalue weighted by Crippen LogP contribution is -2.50. The molecule has 5 heteroatoms. The molecule has 4 unspecified atom stereocenters. The molecule has 72 valence electrons. The van der Waals surface area contributed by atoms with Gasteiger partial charge in [0.2, 0.25) is 0 Å². The molecule has 1 heterocycles. The Kier molecular flexibility index (Phi) is 3.42. The first kappa shape index (κ1) is 9.88. The fraction of sp³-hybridized carbons (Fsp3) is 1.00. The van der Waals surface area contributed by atoms with E-state index in [0.717, 1.165) is 0 Å². The predicted octanol–water partition coefficient (Wildman–Crippen LogP) is -1.97. The molecule has 1 fully saturated rings. The van der Waals surface area contributed by atoms with E-state index < -0.39 is 18.5 Å². The first-order valence-electron chi connectivity index (χ1n) is 3.99. The van der Waals surface area contributed by atoms with Crippen LogP contribution in [-0.4, -0.2) is 53.5 Å². The lowest BCUT2D eigenvalue weighted by atomic mass is 10.0. The van der Waals surface area contributed by atoms with Crippen molar-refractivity contribution in [1.29, 1.82) is 0 Å². The summed E-state index contributed by atoms with van der Waals surface area (Å²) in [6.45, 7) is 0.556. The van der Waals surface area contributed by atoms with E-state index in [4.69, 9.17) is 14.9 Å². The molecular weight excluding hydrogens is 162 g/mol. The number of ether oxygens (including phenoxy) is 1. The lowest BCUT2D eigenvalue weighted by molar-refractivity contribution is -0.245. The summed E-state index contributed by atoms with van der Waals surface area (Å²) in [5.41, 5.74) is 0. The van der Waals surface area contributed by atoms with Gasteiger partial charge in [-0.15, -0.1) is 0 Å². The molecule has 0 aromatic rings. The van der Waals surface area contributed by atoms with Gasteiger partial charge in [0.05, 0.1) is 12.2 Å². The molecular formula is C7H15NO4. The van der Waals surface area contributed by atoms with Gasteiger partial charge in [-0.05, 0) is 7.05 Å². The smallest absolute Gasteiger partial charge is 0.183 e.